The smallest absolute Gasteiger partial charge is 0.263 e. The lowest BCUT2D eigenvalue weighted by Crippen LogP contribution is -2.36. The standard InChI is InChI=1S/C30H24F2N4O2/c31-25-11-8-18(14-26(25)32)17-36-13-3-6-22(30(36)38)29(37)35-27-7-1-4-19-9-10-20(15-23(19)27)24-16-34-28-21(24)5-2-12-33-28/h2-3,5-6,8-16,27H,1,4,7,17H2,(H,33,34)(H,35,37). The van der Waals surface area contributed by atoms with Crippen LogP contribution >= 0.6 is 0 Å². The molecular formula is C30H24F2N4O2. The molecular weight excluding hydrogens is 486 g/mol. The molecule has 1 aliphatic rings. The number of aromatic nitrogens is 3. The number of rotatable bonds is 5. The van der Waals surface area contributed by atoms with E-state index in [1.807, 2.05) is 18.3 Å². The number of aryl methyl sites for hydroxylation is 1. The average Bonchev–Trinajstić information content (AvgIpc) is 3.36. The van der Waals surface area contributed by atoms with Crippen LogP contribution in [0.15, 0.2) is 84.0 Å². The van der Waals surface area contributed by atoms with Gasteiger partial charge < -0.3 is 14.9 Å². The minimum Gasteiger partial charge on any atom is -0.346 e. The molecule has 8 heteroatoms. The number of nitrogens with zero attached hydrogens (tertiary/aromatic N) is 2. The number of hydrogen-bond donors (Lipinski definition) is 2. The molecule has 0 fully saturated rings. The molecule has 6 rings (SSSR count). The fraction of sp³-hybridized carbons (Fsp3) is 0.167. The molecule has 1 amide bonds. The van der Waals surface area contributed by atoms with E-state index in [9.17, 15) is 18.4 Å². The Kier molecular flexibility index (Phi) is 6.07. The maximum atomic E-state index is 13.6. The number of carbonyl (C=O) groups is 1. The van der Waals surface area contributed by atoms with Gasteiger partial charge in [0, 0.05) is 29.5 Å². The lowest BCUT2D eigenvalue weighted by atomic mass is 9.85. The Morgan fingerprint density at radius 2 is 1.97 bits per heavy atom. The van der Waals surface area contributed by atoms with Crippen LogP contribution in [0.2, 0.25) is 0 Å². The number of nitrogens with one attached hydrogen (secondary N) is 2. The Labute approximate surface area is 217 Å². The molecule has 0 saturated heterocycles. The second-order valence-electron chi connectivity index (χ2n) is 9.54. The van der Waals surface area contributed by atoms with Gasteiger partial charge in [-0.25, -0.2) is 13.8 Å². The molecule has 3 heterocycles. The van der Waals surface area contributed by atoms with E-state index >= 15 is 0 Å². The summed E-state index contributed by atoms with van der Waals surface area (Å²) in [5.74, 6) is -2.40. The second kappa shape index (κ2) is 9.70. The van der Waals surface area contributed by atoms with Gasteiger partial charge in [0.2, 0.25) is 0 Å². The molecule has 0 radical (unpaired) electrons. The zero-order valence-corrected chi connectivity index (χ0v) is 20.4. The molecule has 38 heavy (non-hydrogen) atoms. The highest BCUT2D eigenvalue weighted by Gasteiger charge is 2.24. The SMILES string of the molecule is O=C(NC1CCCc2ccc(-c3c[nH]c4ncccc34)cc21)c1cccn(Cc2ccc(F)c(F)c2)c1=O. The number of carbonyl (C=O) groups excluding carboxylic acids is 1. The molecule has 5 aromatic rings. The predicted octanol–water partition coefficient (Wildman–Crippen LogP) is 5.53. The Morgan fingerprint density at radius 3 is 2.84 bits per heavy atom. The van der Waals surface area contributed by atoms with E-state index in [1.165, 1.54) is 28.5 Å². The van der Waals surface area contributed by atoms with Crippen molar-refractivity contribution in [2.45, 2.75) is 31.8 Å². The van der Waals surface area contributed by atoms with Crippen LogP contribution in [0.5, 0.6) is 0 Å². The van der Waals surface area contributed by atoms with Crippen molar-refractivity contribution in [3.05, 3.63) is 123 Å². The van der Waals surface area contributed by atoms with Crippen molar-refractivity contribution < 1.29 is 13.6 Å². The fourth-order valence-corrected chi connectivity index (χ4v) is 5.22. The number of hydrogen-bond acceptors (Lipinski definition) is 3. The summed E-state index contributed by atoms with van der Waals surface area (Å²) in [6.45, 7) is 0.0201. The monoisotopic (exact) mass is 510 g/mol. The van der Waals surface area contributed by atoms with Gasteiger partial charge in [0.05, 0.1) is 12.6 Å². The van der Waals surface area contributed by atoms with Gasteiger partial charge in [-0.05, 0) is 84.0 Å². The minimum atomic E-state index is -0.983. The number of benzene rings is 2. The molecule has 2 N–H and O–H groups in total. The summed E-state index contributed by atoms with van der Waals surface area (Å²) in [5.41, 5.74) is 5.02. The Bertz CT molecular complexity index is 1740. The van der Waals surface area contributed by atoms with Crippen LogP contribution in [0.1, 0.15) is 45.9 Å². The molecule has 0 spiro atoms. The molecule has 6 nitrogen and oxygen atoms in total. The topological polar surface area (TPSA) is 79.8 Å². The average molecular weight is 511 g/mol. The third-order valence-corrected chi connectivity index (χ3v) is 7.13. The lowest BCUT2D eigenvalue weighted by Gasteiger charge is -2.27. The van der Waals surface area contributed by atoms with Crippen LogP contribution in [-0.4, -0.2) is 20.4 Å². The summed E-state index contributed by atoms with van der Waals surface area (Å²) in [5, 5.41) is 4.09. The highest BCUT2D eigenvalue weighted by molar-refractivity contribution is 5.95. The van der Waals surface area contributed by atoms with Crippen molar-refractivity contribution >= 4 is 16.9 Å². The predicted molar refractivity (Wildman–Crippen MR) is 141 cm³/mol. The molecule has 0 bridgehead atoms. The van der Waals surface area contributed by atoms with E-state index in [2.05, 4.69) is 33.5 Å². The highest BCUT2D eigenvalue weighted by Crippen LogP contribution is 2.35. The number of pyridine rings is 2. The maximum Gasteiger partial charge on any atom is 0.263 e. The first kappa shape index (κ1) is 23.8. The summed E-state index contributed by atoms with van der Waals surface area (Å²) in [6, 6.07) is 16.6. The van der Waals surface area contributed by atoms with Gasteiger partial charge in [-0.15, -0.1) is 0 Å². The summed E-state index contributed by atoms with van der Waals surface area (Å²) in [7, 11) is 0. The molecule has 0 aliphatic heterocycles. The van der Waals surface area contributed by atoms with Crippen LogP contribution < -0.4 is 10.9 Å². The minimum absolute atomic E-state index is 0.000986. The van der Waals surface area contributed by atoms with Gasteiger partial charge >= 0.3 is 0 Å². The highest BCUT2D eigenvalue weighted by atomic mass is 19.2. The van der Waals surface area contributed by atoms with Gasteiger partial charge in [0.15, 0.2) is 11.6 Å². The molecule has 1 aliphatic carbocycles. The van der Waals surface area contributed by atoms with Gasteiger partial charge in [-0.1, -0.05) is 18.2 Å². The van der Waals surface area contributed by atoms with Crippen molar-refractivity contribution in [1.82, 2.24) is 19.9 Å². The third kappa shape index (κ3) is 4.38. The second-order valence-corrected chi connectivity index (χ2v) is 9.54. The molecule has 2 aromatic carbocycles. The number of aromatic amines is 1. The van der Waals surface area contributed by atoms with Crippen LogP contribution in [0.4, 0.5) is 8.78 Å². The summed E-state index contributed by atoms with van der Waals surface area (Å²) in [4.78, 5) is 34.0. The molecule has 190 valence electrons. The Hall–Kier alpha value is -4.59. The van der Waals surface area contributed by atoms with Crippen molar-refractivity contribution in [3.8, 4) is 11.1 Å². The maximum absolute atomic E-state index is 13.6. The van der Waals surface area contributed by atoms with E-state index in [0.29, 0.717) is 5.56 Å². The van der Waals surface area contributed by atoms with Crippen molar-refractivity contribution in [3.63, 3.8) is 0 Å². The number of H-pyrrole nitrogens is 1. The van der Waals surface area contributed by atoms with Crippen LogP contribution in [0.25, 0.3) is 22.2 Å². The largest absolute Gasteiger partial charge is 0.346 e. The van der Waals surface area contributed by atoms with E-state index in [4.69, 9.17) is 0 Å². The molecule has 3 aromatic heterocycles. The molecule has 1 atom stereocenters. The Morgan fingerprint density at radius 1 is 1.08 bits per heavy atom. The fourth-order valence-electron chi connectivity index (χ4n) is 5.22. The summed E-state index contributed by atoms with van der Waals surface area (Å²) >= 11 is 0. The van der Waals surface area contributed by atoms with Crippen molar-refractivity contribution in [1.29, 1.82) is 0 Å². The van der Waals surface area contributed by atoms with Crippen molar-refractivity contribution in [2.24, 2.45) is 0 Å². The van der Waals surface area contributed by atoms with Crippen LogP contribution in [0.3, 0.4) is 0 Å². The van der Waals surface area contributed by atoms with E-state index < -0.39 is 23.1 Å². The number of fused-ring (bicyclic) bond motifs is 2. The summed E-state index contributed by atoms with van der Waals surface area (Å²) < 4.78 is 28.2. The van der Waals surface area contributed by atoms with Crippen molar-refractivity contribution in [2.75, 3.05) is 0 Å². The number of halogens is 2. The van der Waals surface area contributed by atoms with E-state index in [-0.39, 0.29) is 18.2 Å². The Balaban J connectivity index is 1.27. The molecule has 0 saturated carbocycles. The number of amides is 1. The quantitative estimate of drug-likeness (QED) is 0.327. The first-order valence-corrected chi connectivity index (χ1v) is 12.5. The van der Waals surface area contributed by atoms with Gasteiger partial charge in [0.25, 0.3) is 11.5 Å². The zero-order valence-electron chi connectivity index (χ0n) is 20.4. The van der Waals surface area contributed by atoms with Crippen LogP contribution in [-0.2, 0) is 13.0 Å². The van der Waals surface area contributed by atoms with E-state index in [1.54, 1.807) is 12.3 Å². The first-order valence-electron chi connectivity index (χ1n) is 12.5. The van der Waals surface area contributed by atoms with Gasteiger partial charge in [-0.3, -0.25) is 9.59 Å². The van der Waals surface area contributed by atoms with E-state index in [0.717, 1.165) is 59.1 Å². The van der Waals surface area contributed by atoms with Crippen LogP contribution in [0, 0.1) is 11.6 Å². The van der Waals surface area contributed by atoms with Gasteiger partial charge in [-0.2, -0.15) is 0 Å². The van der Waals surface area contributed by atoms with Gasteiger partial charge in [0.1, 0.15) is 11.2 Å². The molecule has 1 unspecified atom stereocenters. The summed E-state index contributed by atoms with van der Waals surface area (Å²) in [6.07, 6.45) is 7.81. The lowest BCUT2D eigenvalue weighted by molar-refractivity contribution is 0.0930. The zero-order chi connectivity index (χ0) is 26.2. The first-order chi connectivity index (χ1) is 18.5. The normalized spacial score (nSPS) is 14.8. The third-order valence-electron chi connectivity index (χ3n) is 7.13.